The third kappa shape index (κ3) is 4.07. The number of rotatable bonds is 4. The Labute approximate surface area is 136 Å². The van der Waals surface area contributed by atoms with Crippen molar-refractivity contribution in [1.82, 2.24) is 10.2 Å². The van der Waals surface area contributed by atoms with Crippen molar-refractivity contribution in [3.8, 4) is 0 Å². The SMILES string of the molecule is Cc1cc(Br)cc(C(=O)NCC2(N(C)C)CCCCC2)c1. The Kier molecular flexibility index (Phi) is 5.44. The van der Waals surface area contributed by atoms with Gasteiger partial charge in [0.05, 0.1) is 0 Å². The first kappa shape index (κ1) is 16.5. The third-order valence-corrected chi connectivity index (χ3v) is 5.07. The molecule has 21 heavy (non-hydrogen) atoms. The molecule has 1 aliphatic rings. The fraction of sp³-hybridized carbons (Fsp3) is 0.588. The molecule has 0 radical (unpaired) electrons. The number of amides is 1. The molecule has 1 aromatic rings. The molecule has 0 saturated heterocycles. The fourth-order valence-corrected chi connectivity index (χ4v) is 3.81. The van der Waals surface area contributed by atoms with Crippen molar-refractivity contribution in [2.24, 2.45) is 0 Å². The van der Waals surface area contributed by atoms with Gasteiger partial charge < -0.3 is 10.2 Å². The first-order chi connectivity index (χ1) is 9.93. The summed E-state index contributed by atoms with van der Waals surface area (Å²) >= 11 is 3.45. The lowest BCUT2D eigenvalue weighted by molar-refractivity contribution is 0.0799. The number of aryl methyl sites for hydroxylation is 1. The number of hydrogen-bond donors (Lipinski definition) is 1. The van der Waals surface area contributed by atoms with E-state index in [0.717, 1.165) is 35.0 Å². The second-order valence-electron chi connectivity index (χ2n) is 6.38. The molecule has 1 aliphatic carbocycles. The Hall–Kier alpha value is -0.870. The molecule has 0 aromatic heterocycles. The van der Waals surface area contributed by atoms with E-state index in [2.05, 4.69) is 40.2 Å². The lowest BCUT2D eigenvalue weighted by atomic mass is 9.80. The summed E-state index contributed by atoms with van der Waals surface area (Å²) in [5.41, 5.74) is 1.94. The average Bonchev–Trinajstić information content (AvgIpc) is 2.44. The van der Waals surface area contributed by atoms with Crippen LogP contribution >= 0.6 is 15.9 Å². The minimum Gasteiger partial charge on any atom is -0.350 e. The normalized spacial score (nSPS) is 17.8. The number of carbonyl (C=O) groups is 1. The molecule has 116 valence electrons. The summed E-state index contributed by atoms with van der Waals surface area (Å²) in [4.78, 5) is 14.7. The van der Waals surface area contributed by atoms with E-state index >= 15 is 0 Å². The highest BCUT2D eigenvalue weighted by Crippen LogP contribution is 2.31. The average molecular weight is 353 g/mol. The maximum atomic E-state index is 12.4. The number of likely N-dealkylation sites (N-methyl/N-ethyl adjacent to an activating group) is 1. The highest BCUT2D eigenvalue weighted by atomic mass is 79.9. The van der Waals surface area contributed by atoms with Gasteiger partial charge in [-0.2, -0.15) is 0 Å². The number of carbonyl (C=O) groups excluding carboxylic acids is 1. The van der Waals surface area contributed by atoms with Crippen LogP contribution in [0.4, 0.5) is 0 Å². The van der Waals surface area contributed by atoms with E-state index in [9.17, 15) is 4.79 Å². The van der Waals surface area contributed by atoms with Crippen molar-refractivity contribution in [3.05, 3.63) is 33.8 Å². The molecule has 0 unspecified atom stereocenters. The second-order valence-corrected chi connectivity index (χ2v) is 7.30. The number of nitrogens with one attached hydrogen (secondary N) is 1. The molecule has 3 nitrogen and oxygen atoms in total. The van der Waals surface area contributed by atoms with Crippen molar-refractivity contribution in [3.63, 3.8) is 0 Å². The Morgan fingerprint density at radius 2 is 1.90 bits per heavy atom. The van der Waals surface area contributed by atoms with Gasteiger partial charge in [0.1, 0.15) is 0 Å². The molecule has 4 heteroatoms. The largest absolute Gasteiger partial charge is 0.350 e. The van der Waals surface area contributed by atoms with E-state index in [1.54, 1.807) is 0 Å². The van der Waals surface area contributed by atoms with Crippen molar-refractivity contribution in [1.29, 1.82) is 0 Å². The van der Waals surface area contributed by atoms with Crippen LogP contribution in [-0.2, 0) is 0 Å². The first-order valence-electron chi connectivity index (χ1n) is 7.66. The molecule has 0 atom stereocenters. The van der Waals surface area contributed by atoms with Gasteiger partial charge in [-0.05, 0) is 57.6 Å². The summed E-state index contributed by atoms with van der Waals surface area (Å²) in [6, 6.07) is 5.83. The van der Waals surface area contributed by atoms with E-state index in [4.69, 9.17) is 0 Å². The maximum absolute atomic E-state index is 12.4. The van der Waals surface area contributed by atoms with Crippen LogP contribution < -0.4 is 5.32 Å². The predicted octanol–water partition coefficient (Wildman–Crippen LogP) is 3.75. The van der Waals surface area contributed by atoms with Crippen LogP contribution in [0.15, 0.2) is 22.7 Å². The summed E-state index contributed by atoms with van der Waals surface area (Å²) in [6.45, 7) is 2.73. The summed E-state index contributed by atoms with van der Waals surface area (Å²) in [7, 11) is 4.25. The molecule has 1 saturated carbocycles. The van der Waals surface area contributed by atoms with Crippen LogP contribution in [0, 0.1) is 6.92 Å². The van der Waals surface area contributed by atoms with E-state index < -0.39 is 0 Å². The zero-order valence-electron chi connectivity index (χ0n) is 13.2. The molecule has 0 heterocycles. The van der Waals surface area contributed by atoms with Crippen LogP contribution in [0.2, 0.25) is 0 Å². The monoisotopic (exact) mass is 352 g/mol. The van der Waals surface area contributed by atoms with E-state index in [1.165, 1.54) is 19.3 Å². The molecule has 1 fully saturated rings. The van der Waals surface area contributed by atoms with Gasteiger partial charge in [0.2, 0.25) is 0 Å². The number of hydrogen-bond acceptors (Lipinski definition) is 2. The van der Waals surface area contributed by atoms with Crippen molar-refractivity contribution >= 4 is 21.8 Å². The third-order valence-electron chi connectivity index (χ3n) is 4.62. The van der Waals surface area contributed by atoms with Crippen molar-refractivity contribution in [2.75, 3.05) is 20.6 Å². The number of benzene rings is 1. The Morgan fingerprint density at radius 3 is 2.48 bits per heavy atom. The molecule has 1 aromatic carbocycles. The standard InChI is InChI=1S/C17H25BrN2O/c1-13-9-14(11-15(18)10-13)16(21)19-12-17(20(2)3)7-5-4-6-8-17/h9-11H,4-8,12H2,1-3H3,(H,19,21). The summed E-state index contributed by atoms with van der Waals surface area (Å²) in [6.07, 6.45) is 6.15. The van der Waals surface area contributed by atoms with Gasteiger partial charge >= 0.3 is 0 Å². The second kappa shape index (κ2) is 6.93. The fourth-order valence-electron chi connectivity index (χ4n) is 3.21. The van der Waals surface area contributed by atoms with Crippen molar-refractivity contribution < 1.29 is 4.79 Å². The summed E-state index contributed by atoms with van der Waals surface area (Å²) in [5, 5.41) is 3.14. The quantitative estimate of drug-likeness (QED) is 0.894. The van der Waals surface area contributed by atoms with Gasteiger partial charge in [-0.25, -0.2) is 0 Å². The van der Waals surface area contributed by atoms with E-state index in [-0.39, 0.29) is 11.4 Å². The number of nitrogens with zero attached hydrogens (tertiary/aromatic N) is 1. The smallest absolute Gasteiger partial charge is 0.251 e. The van der Waals surface area contributed by atoms with Crippen LogP contribution in [0.5, 0.6) is 0 Å². The molecule has 1 amide bonds. The van der Waals surface area contributed by atoms with E-state index in [0.29, 0.717) is 0 Å². The molecule has 0 bridgehead atoms. The summed E-state index contributed by atoms with van der Waals surface area (Å²) in [5.74, 6) is 0.0196. The van der Waals surface area contributed by atoms with Gasteiger partial charge in [-0.1, -0.05) is 35.2 Å². The van der Waals surface area contributed by atoms with Crippen molar-refractivity contribution in [2.45, 2.75) is 44.6 Å². The molecular weight excluding hydrogens is 328 g/mol. The first-order valence-corrected chi connectivity index (χ1v) is 8.45. The van der Waals surface area contributed by atoms with Gasteiger partial charge in [-0.15, -0.1) is 0 Å². The molecule has 1 N–H and O–H groups in total. The topological polar surface area (TPSA) is 32.3 Å². The van der Waals surface area contributed by atoms with Crippen LogP contribution in [-0.4, -0.2) is 37.0 Å². The number of halogens is 1. The highest BCUT2D eigenvalue weighted by Gasteiger charge is 2.34. The van der Waals surface area contributed by atoms with Crippen LogP contribution in [0.25, 0.3) is 0 Å². The maximum Gasteiger partial charge on any atom is 0.251 e. The van der Waals surface area contributed by atoms with Gasteiger partial charge in [-0.3, -0.25) is 4.79 Å². The van der Waals surface area contributed by atoms with Gasteiger partial charge in [0, 0.05) is 22.1 Å². The lowest BCUT2D eigenvalue weighted by Gasteiger charge is -2.43. The zero-order chi connectivity index (χ0) is 15.5. The van der Waals surface area contributed by atoms with Gasteiger partial charge in [0.15, 0.2) is 0 Å². The lowest BCUT2D eigenvalue weighted by Crippen LogP contribution is -2.53. The van der Waals surface area contributed by atoms with Gasteiger partial charge in [0.25, 0.3) is 5.91 Å². The molecule has 2 rings (SSSR count). The Bertz CT molecular complexity index is 487. The molecule has 0 spiro atoms. The van der Waals surface area contributed by atoms with Crippen LogP contribution in [0.3, 0.4) is 0 Å². The minimum absolute atomic E-state index is 0.0196. The Morgan fingerprint density at radius 1 is 1.24 bits per heavy atom. The Balaban J connectivity index is 2.05. The summed E-state index contributed by atoms with van der Waals surface area (Å²) < 4.78 is 0.952. The highest BCUT2D eigenvalue weighted by molar-refractivity contribution is 9.10. The predicted molar refractivity (Wildman–Crippen MR) is 90.7 cm³/mol. The minimum atomic E-state index is 0.0196. The zero-order valence-corrected chi connectivity index (χ0v) is 14.8. The van der Waals surface area contributed by atoms with Crippen LogP contribution in [0.1, 0.15) is 48.0 Å². The van der Waals surface area contributed by atoms with E-state index in [1.807, 2.05) is 25.1 Å². The molecular formula is C17H25BrN2O. The molecule has 0 aliphatic heterocycles.